The molecule has 2 nitrogen and oxygen atoms in total. The van der Waals surface area contributed by atoms with Gasteiger partial charge >= 0.3 is 6.18 Å². The molecule has 0 aliphatic carbocycles. The molecule has 0 aromatic heterocycles. The predicted molar refractivity (Wildman–Crippen MR) is 68.9 cm³/mol. The molecular formula is C14H19F4NO. The van der Waals surface area contributed by atoms with E-state index in [1.54, 1.807) is 7.11 Å². The van der Waals surface area contributed by atoms with E-state index in [9.17, 15) is 17.6 Å². The maximum atomic E-state index is 13.6. The Labute approximate surface area is 116 Å². The third-order valence-electron chi connectivity index (χ3n) is 2.95. The predicted octanol–water partition coefficient (Wildman–Crippen LogP) is 3.92. The molecule has 0 aliphatic heterocycles. The number of rotatable bonds is 7. The average molecular weight is 293 g/mol. The summed E-state index contributed by atoms with van der Waals surface area (Å²) in [6, 6.07) is 2.84. The van der Waals surface area contributed by atoms with E-state index < -0.39 is 17.6 Å². The molecule has 1 atom stereocenters. The Kier molecular flexibility index (Phi) is 6.42. The molecule has 1 aromatic rings. The SMILES string of the molecule is CCCNC(CCOC)c1ccc(C(F)(F)F)c(F)c1. The van der Waals surface area contributed by atoms with Crippen LogP contribution in [0.2, 0.25) is 0 Å². The standard InChI is InChI=1S/C14H19F4NO/c1-3-7-19-13(6-8-20-2)10-4-5-11(12(15)9-10)14(16,17)18/h4-5,9,13,19H,3,6-8H2,1-2H3. The maximum Gasteiger partial charge on any atom is 0.419 e. The molecule has 114 valence electrons. The van der Waals surface area contributed by atoms with Gasteiger partial charge in [0.25, 0.3) is 0 Å². The highest BCUT2D eigenvalue weighted by Crippen LogP contribution is 2.32. The van der Waals surface area contributed by atoms with Crippen LogP contribution in [0.15, 0.2) is 18.2 Å². The van der Waals surface area contributed by atoms with Gasteiger partial charge in [-0.3, -0.25) is 0 Å². The fourth-order valence-corrected chi connectivity index (χ4v) is 1.92. The molecule has 1 N–H and O–H groups in total. The molecule has 6 heteroatoms. The number of nitrogens with one attached hydrogen (secondary N) is 1. The van der Waals surface area contributed by atoms with Crippen LogP contribution in [0.1, 0.15) is 36.9 Å². The molecule has 1 unspecified atom stereocenters. The molecule has 1 rings (SSSR count). The molecule has 0 saturated carbocycles. The zero-order chi connectivity index (χ0) is 15.2. The zero-order valence-corrected chi connectivity index (χ0v) is 11.6. The van der Waals surface area contributed by atoms with Crippen LogP contribution in [0.3, 0.4) is 0 Å². The Morgan fingerprint density at radius 2 is 2.00 bits per heavy atom. The van der Waals surface area contributed by atoms with Crippen molar-refractivity contribution in [3.63, 3.8) is 0 Å². The third-order valence-corrected chi connectivity index (χ3v) is 2.95. The van der Waals surface area contributed by atoms with Gasteiger partial charge in [-0.05, 0) is 37.1 Å². The number of hydrogen-bond acceptors (Lipinski definition) is 2. The smallest absolute Gasteiger partial charge is 0.385 e. The monoisotopic (exact) mass is 293 g/mol. The van der Waals surface area contributed by atoms with Crippen molar-refractivity contribution in [3.05, 3.63) is 35.1 Å². The Bertz CT molecular complexity index is 412. The van der Waals surface area contributed by atoms with Gasteiger partial charge in [0, 0.05) is 19.8 Å². The minimum absolute atomic E-state index is 0.216. The molecule has 0 fully saturated rings. The normalized spacial score (nSPS) is 13.5. The van der Waals surface area contributed by atoms with Gasteiger partial charge in [-0.15, -0.1) is 0 Å². The average Bonchev–Trinajstić information content (AvgIpc) is 2.37. The first kappa shape index (κ1) is 16.9. The number of benzene rings is 1. The van der Waals surface area contributed by atoms with E-state index in [1.165, 1.54) is 6.07 Å². The van der Waals surface area contributed by atoms with Crippen molar-refractivity contribution in [3.8, 4) is 0 Å². The second-order valence-electron chi connectivity index (χ2n) is 4.53. The first-order valence-electron chi connectivity index (χ1n) is 6.49. The van der Waals surface area contributed by atoms with Crippen LogP contribution in [0.4, 0.5) is 17.6 Å². The first-order chi connectivity index (χ1) is 9.40. The van der Waals surface area contributed by atoms with Gasteiger partial charge in [0.15, 0.2) is 0 Å². The van der Waals surface area contributed by atoms with Crippen LogP contribution in [-0.4, -0.2) is 20.3 Å². The van der Waals surface area contributed by atoms with Crippen molar-refractivity contribution >= 4 is 0 Å². The summed E-state index contributed by atoms with van der Waals surface area (Å²) in [5.74, 6) is -1.24. The second-order valence-corrected chi connectivity index (χ2v) is 4.53. The third kappa shape index (κ3) is 4.76. The maximum absolute atomic E-state index is 13.6. The van der Waals surface area contributed by atoms with Gasteiger partial charge < -0.3 is 10.1 Å². The van der Waals surface area contributed by atoms with Gasteiger partial charge in [-0.2, -0.15) is 13.2 Å². The van der Waals surface area contributed by atoms with Gasteiger partial charge in [0.05, 0.1) is 5.56 Å². The van der Waals surface area contributed by atoms with Gasteiger partial charge in [-0.1, -0.05) is 13.0 Å². The van der Waals surface area contributed by atoms with Crippen LogP contribution in [0, 0.1) is 5.82 Å². The highest BCUT2D eigenvalue weighted by molar-refractivity contribution is 5.28. The van der Waals surface area contributed by atoms with E-state index in [1.807, 2.05) is 6.92 Å². The van der Waals surface area contributed by atoms with Crippen molar-refractivity contribution in [2.24, 2.45) is 0 Å². The summed E-state index contributed by atoms with van der Waals surface area (Å²) in [5, 5.41) is 3.18. The Balaban J connectivity index is 2.93. The lowest BCUT2D eigenvalue weighted by Gasteiger charge is -2.19. The van der Waals surface area contributed by atoms with Crippen LogP contribution in [0.25, 0.3) is 0 Å². The number of methoxy groups -OCH3 is 1. The fraction of sp³-hybridized carbons (Fsp3) is 0.571. The summed E-state index contributed by atoms with van der Waals surface area (Å²) < 4.78 is 56.1. The van der Waals surface area contributed by atoms with Crippen molar-refractivity contribution in [2.75, 3.05) is 20.3 Å². The second kappa shape index (κ2) is 7.59. The van der Waals surface area contributed by atoms with Crippen LogP contribution in [-0.2, 0) is 10.9 Å². The van der Waals surface area contributed by atoms with E-state index in [-0.39, 0.29) is 6.04 Å². The molecule has 0 bridgehead atoms. The lowest BCUT2D eigenvalue weighted by atomic mass is 10.0. The summed E-state index contributed by atoms with van der Waals surface area (Å²) in [4.78, 5) is 0. The summed E-state index contributed by atoms with van der Waals surface area (Å²) in [5.41, 5.74) is -0.733. The molecule has 20 heavy (non-hydrogen) atoms. The lowest BCUT2D eigenvalue weighted by Crippen LogP contribution is -2.24. The summed E-state index contributed by atoms with van der Waals surface area (Å²) in [6.45, 7) is 3.13. The Hall–Kier alpha value is -1.14. The Morgan fingerprint density at radius 1 is 1.30 bits per heavy atom. The highest BCUT2D eigenvalue weighted by Gasteiger charge is 2.34. The highest BCUT2D eigenvalue weighted by atomic mass is 19.4. The molecule has 0 radical (unpaired) electrons. The van der Waals surface area contributed by atoms with Crippen molar-refractivity contribution in [1.82, 2.24) is 5.32 Å². The van der Waals surface area contributed by atoms with Crippen molar-refractivity contribution < 1.29 is 22.3 Å². The van der Waals surface area contributed by atoms with E-state index in [0.717, 1.165) is 18.6 Å². The van der Waals surface area contributed by atoms with E-state index in [0.29, 0.717) is 25.1 Å². The van der Waals surface area contributed by atoms with E-state index >= 15 is 0 Å². The summed E-state index contributed by atoms with van der Waals surface area (Å²) >= 11 is 0. The van der Waals surface area contributed by atoms with Gasteiger partial charge in [0.2, 0.25) is 0 Å². The minimum atomic E-state index is -4.67. The molecule has 0 saturated heterocycles. The van der Waals surface area contributed by atoms with Crippen LogP contribution in [0.5, 0.6) is 0 Å². The zero-order valence-electron chi connectivity index (χ0n) is 11.6. The van der Waals surface area contributed by atoms with E-state index in [2.05, 4.69) is 5.32 Å². The molecule has 0 heterocycles. The van der Waals surface area contributed by atoms with Crippen LogP contribution >= 0.6 is 0 Å². The van der Waals surface area contributed by atoms with Crippen molar-refractivity contribution in [1.29, 1.82) is 0 Å². The summed E-state index contributed by atoms with van der Waals surface area (Å²) in [6.07, 6.45) is -3.21. The molecule has 1 aromatic carbocycles. The first-order valence-corrected chi connectivity index (χ1v) is 6.49. The van der Waals surface area contributed by atoms with Gasteiger partial charge in [-0.25, -0.2) is 4.39 Å². The van der Waals surface area contributed by atoms with Gasteiger partial charge in [0.1, 0.15) is 5.82 Å². The number of ether oxygens (including phenoxy) is 1. The molecule has 0 amide bonds. The fourth-order valence-electron chi connectivity index (χ4n) is 1.92. The topological polar surface area (TPSA) is 21.3 Å². The van der Waals surface area contributed by atoms with Crippen molar-refractivity contribution in [2.45, 2.75) is 32.0 Å². The quantitative estimate of drug-likeness (QED) is 0.769. The van der Waals surface area contributed by atoms with E-state index in [4.69, 9.17) is 4.74 Å². The lowest BCUT2D eigenvalue weighted by molar-refractivity contribution is -0.140. The summed E-state index contributed by atoms with van der Waals surface area (Å²) in [7, 11) is 1.55. The minimum Gasteiger partial charge on any atom is -0.385 e. The number of halogens is 4. The molecule has 0 spiro atoms. The number of alkyl halides is 3. The number of hydrogen-bond donors (Lipinski definition) is 1. The largest absolute Gasteiger partial charge is 0.419 e. The van der Waals surface area contributed by atoms with Crippen LogP contribution < -0.4 is 5.32 Å². The molecular weight excluding hydrogens is 274 g/mol. The Morgan fingerprint density at radius 3 is 2.50 bits per heavy atom. The molecule has 0 aliphatic rings.